The van der Waals surface area contributed by atoms with Gasteiger partial charge in [-0.05, 0) is 42.5 Å². The van der Waals surface area contributed by atoms with Crippen molar-refractivity contribution in [1.82, 2.24) is 0 Å². The second-order valence-electron chi connectivity index (χ2n) is 5.75. The molecule has 144 valence electrons. The molecule has 1 aromatic heterocycles. The van der Waals surface area contributed by atoms with Gasteiger partial charge in [-0.3, -0.25) is 14.9 Å². The van der Waals surface area contributed by atoms with Gasteiger partial charge >= 0.3 is 0 Å². The lowest BCUT2D eigenvalue weighted by molar-refractivity contribution is -0.384. The van der Waals surface area contributed by atoms with Gasteiger partial charge in [-0.2, -0.15) is 5.26 Å². The van der Waals surface area contributed by atoms with Crippen molar-refractivity contribution in [3.05, 3.63) is 86.9 Å². The van der Waals surface area contributed by atoms with Crippen LogP contribution in [0.4, 0.5) is 15.8 Å². The van der Waals surface area contributed by atoms with Crippen molar-refractivity contribution in [3.8, 4) is 17.4 Å². The molecule has 0 spiro atoms. The second-order valence-corrected chi connectivity index (χ2v) is 6.16. The number of nitro benzene ring substituents is 1. The number of halogens is 2. The molecule has 0 aliphatic rings. The van der Waals surface area contributed by atoms with Gasteiger partial charge in [0.15, 0.2) is 0 Å². The maximum absolute atomic E-state index is 12.9. The molecule has 0 bridgehead atoms. The highest BCUT2D eigenvalue weighted by atomic mass is 35.5. The molecule has 9 heteroatoms. The molecule has 1 heterocycles. The van der Waals surface area contributed by atoms with Gasteiger partial charge in [-0.25, -0.2) is 4.39 Å². The number of carbonyl (C=O) groups is 1. The minimum atomic E-state index is -0.689. The highest BCUT2D eigenvalue weighted by Crippen LogP contribution is 2.32. The predicted molar refractivity (Wildman–Crippen MR) is 104 cm³/mol. The molecule has 0 unspecified atom stereocenters. The van der Waals surface area contributed by atoms with Crippen molar-refractivity contribution in [3.63, 3.8) is 0 Å². The van der Waals surface area contributed by atoms with Gasteiger partial charge < -0.3 is 9.73 Å². The third-order valence-corrected chi connectivity index (χ3v) is 4.12. The van der Waals surface area contributed by atoms with E-state index in [2.05, 4.69) is 5.32 Å². The third-order valence-electron chi connectivity index (χ3n) is 3.81. The molecule has 0 atom stereocenters. The number of carbonyl (C=O) groups excluding carboxylic acids is 1. The second kappa shape index (κ2) is 8.37. The Morgan fingerprint density at radius 1 is 1.21 bits per heavy atom. The Hall–Kier alpha value is -3.96. The van der Waals surface area contributed by atoms with Crippen LogP contribution in [0.2, 0.25) is 5.02 Å². The number of benzene rings is 2. The summed E-state index contributed by atoms with van der Waals surface area (Å²) in [5.74, 6) is -0.620. The molecule has 0 fully saturated rings. The van der Waals surface area contributed by atoms with E-state index in [0.29, 0.717) is 17.0 Å². The van der Waals surface area contributed by atoms with Crippen LogP contribution in [0, 0.1) is 27.3 Å². The zero-order valence-corrected chi connectivity index (χ0v) is 15.3. The van der Waals surface area contributed by atoms with E-state index in [-0.39, 0.29) is 22.0 Å². The quantitative estimate of drug-likeness (QED) is 0.269. The van der Waals surface area contributed by atoms with Crippen LogP contribution in [0.5, 0.6) is 0 Å². The highest BCUT2D eigenvalue weighted by Gasteiger charge is 2.15. The van der Waals surface area contributed by atoms with Crippen molar-refractivity contribution in [1.29, 1.82) is 5.26 Å². The Labute approximate surface area is 168 Å². The van der Waals surface area contributed by atoms with Gasteiger partial charge in [0.2, 0.25) is 0 Å². The van der Waals surface area contributed by atoms with Gasteiger partial charge in [-0.1, -0.05) is 11.6 Å². The number of hydrogen-bond acceptors (Lipinski definition) is 5. The number of nitriles is 1. The zero-order chi connectivity index (χ0) is 21.0. The molecule has 0 radical (unpaired) electrons. The summed E-state index contributed by atoms with van der Waals surface area (Å²) in [6, 6.07) is 13.9. The average Bonchev–Trinajstić information content (AvgIpc) is 3.16. The van der Waals surface area contributed by atoms with Crippen LogP contribution in [0.15, 0.2) is 64.6 Å². The van der Waals surface area contributed by atoms with Crippen molar-refractivity contribution < 1.29 is 18.5 Å². The SMILES string of the molecule is N#CC(=Cc1ccc(-c2ccc([N+](=O)[O-])cc2Cl)o1)C(=O)Nc1ccc(F)cc1. The Morgan fingerprint density at radius 3 is 2.55 bits per heavy atom. The molecule has 3 rings (SSSR count). The maximum atomic E-state index is 12.9. The van der Waals surface area contributed by atoms with E-state index in [1.807, 2.05) is 0 Å². The molecular weight excluding hydrogens is 401 g/mol. The van der Waals surface area contributed by atoms with Gasteiger partial charge in [0.1, 0.15) is 29.0 Å². The molecule has 29 heavy (non-hydrogen) atoms. The standard InChI is InChI=1S/C20H11ClFN3O4/c21-18-10-15(25(27)28)5-7-17(18)19-8-6-16(29-19)9-12(11-23)20(26)24-14-3-1-13(22)2-4-14/h1-10H,(H,24,26). The minimum Gasteiger partial charge on any atom is -0.457 e. The summed E-state index contributed by atoms with van der Waals surface area (Å²) in [6.45, 7) is 0. The highest BCUT2D eigenvalue weighted by molar-refractivity contribution is 6.33. The van der Waals surface area contributed by atoms with Crippen molar-refractivity contribution >= 4 is 35.0 Å². The number of amides is 1. The van der Waals surface area contributed by atoms with E-state index >= 15 is 0 Å². The van der Waals surface area contributed by atoms with Gasteiger partial charge in [0, 0.05) is 29.5 Å². The van der Waals surface area contributed by atoms with E-state index in [4.69, 9.17) is 16.0 Å². The summed E-state index contributed by atoms with van der Waals surface area (Å²) in [5.41, 5.74) is 0.362. The first kappa shape index (κ1) is 19.8. The Balaban J connectivity index is 1.82. The Kier molecular flexibility index (Phi) is 5.71. The number of nitro groups is 1. The molecule has 0 aliphatic heterocycles. The van der Waals surface area contributed by atoms with Gasteiger partial charge in [0.25, 0.3) is 11.6 Å². The number of furan rings is 1. The lowest BCUT2D eigenvalue weighted by Crippen LogP contribution is -2.13. The largest absolute Gasteiger partial charge is 0.457 e. The molecule has 0 saturated heterocycles. The first-order valence-corrected chi connectivity index (χ1v) is 8.48. The molecule has 3 aromatic rings. The number of nitrogens with zero attached hydrogens (tertiary/aromatic N) is 2. The van der Waals surface area contributed by atoms with Crippen LogP contribution in [-0.4, -0.2) is 10.8 Å². The van der Waals surface area contributed by atoms with E-state index in [0.717, 1.165) is 0 Å². The number of anilines is 1. The van der Waals surface area contributed by atoms with Crippen LogP contribution in [-0.2, 0) is 4.79 Å². The van der Waals surface area contributed by atoms with Crippen LogP contribution in [0.3, 0.4) is 0 Å². The first-order chi connectivity index (χ1) is 13.9. The summed E-state index contributed by atoms with van der Waals surface area (Å²) in [6.07, 6.45) is 1.24. The number of non-ortho nitro benzene ring substituents is 1. The fourth-order valence-electron chi connectivity index (χ4n) is 2.42. The Bertz CT molecular complexity index is 1160. The van der Waals surface area contributed by atoms with Gasteiger partial charge in [-0.15, -0.1) is 0 Å². The van der Waals surface area contributed by atoms with Gasteiger partial charge in [0.05, 0.1) is 9.95 Å². The monoisotopic (exact) mass is 411 g/mol. The van der Waals surface area contributed by atoms with Crippen LogP contribution < -0.4 is 5.32 Å². The average molecular weight is 412 g/mol. The van der Waals surface area contributed by atoms with E-state index in [1.165, 1.54) is 54.6 Å². The normalized spacial score (nSPS) is 11.0. The number of rotatable bonds is 5. The first-order valence-electron chi connectivity index (χ1n) is 8.10. The van der Waals surface area contributed by atoms with Crippen LogP contribution >= 0.6 is 11.6 Å². The fraction of sp³-hybridized carbons (Fsp3) is 0. The molecule has 1 amide bonds. The molecule has 7 nitrogen and oxygen atoms in total. The summed E-state index contributed by atoms with van der Waals surface area (Å²) >= 11 is 6.08. The number of hydrogen-bond donors (Lipinski definition) is 1. The topological polar surface area (TPSA) is 109 Å². The molecular formula is C20H11ClFN3O4. The third kappa shape index (κ3) is 4.66. The fourth-order valence-corrected chi connectivity index (χ4v) is 2.68. The number of nitrogens with one attached hydrogen (secondary N) is 1. The van der Waals surface area contributed by atoms with Crippen LogP contribution in [0.25, 0.3) is 17.4 Å². The van der Waals surface area contributed by atoms with Crippen LogP contribution in [0.1, 0.15) is 5.76 Å². The van der Waals surface area contributed by atoms with Crippen molar-refractivity contribution in [2.24, 2.45) is 0 Å². The smallest absolute Gasteiger partial charge is 0.270 e. The minimum absolute atomic E-state index is 0.124. The summed E-state index contributed by atoms with van der Waals surface area (Å²) in [7, 11) is 0. The summed E-state index contributed by atoms with van der Waals surface area (Å²) in [4.78, 5) is 22.5. The summed E-state index contributed by atoms with van der Waals surface area (Å²) < 4.78 is 18.5. The van der Waals surface area contributed by atoms with E-state index < -0.39 is 16.6 Å². The maximum Gasteiger partial charge on any atom is 0.270 e. The lowest BCUT2D eigenvalue weighted by atomic mass is 10.1. The van der Waals surface area contributed by atoms with Crippen molar-refractivity contribution in [2.75, 3.05) is 5.32 Å². The molecule has 0 aliphatic carbocycles. The lowest BCUT2D eigenvalue weighted by Gasteiger charge is -2.03. The zero-order valence-electron chi connectivity index (χ0n) is 14.6. The summed E-state index contributed by atoms with van der Waals surface area (Å²) in [5, 5.41) is 22.7. The van der Waals surface area contributed by atoms with E-state index in [1.54, 1.807) is 12.1 Å². The van der Waals surface area contributed by atoms with Crippen molar-refractivity contribution in [2.45, 2.75) is 0 Å². The molecule has 2 aromatic carbocycles. The van der Waals surface area contributed by atoms with E-state index in [9.17, 15) is 24.6 Å². The molecule has 0 saturated carbocycles. The Morgan fingerprint density at radius 2 is 1.93 bits per heavy atom. The predicted octanol–water partition coefficient (Wildman–Crippen LogP) is 5.19. The molecule has 1 N–H and O–H groups in total.